The summed E-state index contributed by atoms with van der Waals surface area (Å²) in [5, 5.41) is 12.7. The van der Waals surface area contributed by atoms with E-state index in [4.69, 9.17) is 4.74 Å². The van der Waals surface area contributed by atoms with Gasteiger partial charge < -0.3 is 24.6 Å². The Kier molecular flexibility index (Phi) is 7.78. The molecule has 0 aliphatic carbocycles. The van der Waals surface area contributed by atoms with Crippen LogP contribution < -0.4 is 5.32 Å². The zero-order valence-corrected chi connectivity index (χ0v) is 21.4. The molecule has 194 valence electrons. The minimum atomic E-state index is -1.42. The molecule has 2 aromatic carbocycles. The zero-order valence-electron chi connectivity index (χ0n) is 21.4. The molecule has 3 aromatic rings. The minimum absolute atomic E-state index is 0.168. The number of hydrogen-bond donors (Lipinski definition) is 2. The Balaban J connectivity index is 1.63. The predicted molar refractivity (Wildman–Crippen MR) is 140 cm³/mol. The van der Waals surface area contributed by atoms with Crippen LogP contribution in [0, 0.1) is 13.8 Å². The van der Waals surface area contributed by atoms with E-state index < -0.39 is 23.5 Å². The highest BCUT2D eigenvalue weighted by Gasteiger charge is 2.43. The molecule has 8 heteroatoms. The third kappa shape index (κ3) is 5.91. The van der Waals surface area contributed by atoms with Crippen LogP contribution in [0.15, 0.2) is 67.0 Å². The number of carboxylic acid groups (broad SMARTS) is 1. The second-order valence-electron chi connectivity index (χ2n) is 9.76. The Morgan fingerprint density at radius 2 is 1.62 bits per heavy atom. The lowest BCUT2D eigenvalue weighted by Gasteiger charge is -2.36. The lowest BCUT2D eigenvalue weighted by atomic mass is 9.89. The van der Waals surface area contributed by atoms with Gasteiger partial charge in [0.1, 0.15) is 11.6 Å². The van der Waals surface area contributed by atoms with Crippen molar-refractivity contribution in [3.05, 3.63) is 89.2 Å². The molecule has 2 N–H and O–H groups in total. The van der Waals surface area contributed by atoms with Crippen molar-refractivity contribution in [2.75, 3.05) is 20.3 Å². The number of amides is 2. The van der Waals surface area contributed by atoms with Gasteiger partial charge in [-0.15, -0.1) is 0 Å². The van der Waals surface area contributed by atoms with E-state index in [1.165, 1.54) is 4.90 Å². The quantitative estimate of drug-likeness (QED) is 0.490. The molecule has 1 aliphatic heterocycles. The summed E-state index contributed by atoms with van der Waals surface area (Å²) < 4.78 is 7.32. The maximum atomic E-state index is 13.7. The Hall–Kier alpha value is -3.91. The summed E-state index contributed by atoms with van der Waals surface area (Å²) in [5.74, 6) is -1.89. The van der Waals surface area contributed by atoms with Crippen molar-refractivity contribution >= 4 is 17.8 Å². The summed E-state index contributed by atoms with van der Waals surface area (Å²) in [6.07, 6.45) is 4.46. The number of likely N-dealkylation sites (N-methyl/N-ethyl adjacent to an activating group) is 1. The number of aromatic nitrogens is 1. The molecule has 2 heterocycles. The van der Waals surface area contributed by atoms with E-state index in [-0.39, 0.29) is 38.4 Å². The Morgan fingerprint density at radius 1 is 1.03 bits per heavy atom. The second-order valence-corrected chi connectivity index (χ2v) is 9.76. The van der Waals surface area contributed by atoms with Gasteiger partial charge in [-0.1, -0.05) is 29.3 Å². The maximum absolute atomic E-state index is 13.7. The highest BCUT2D eigenvalue weighted by Crippen LogP contribution is 2.23. The molecule has 0 bridgehead atoms. The number of rotatable bonds is 8. The number of aryl methyl sites for hydroxylation is 2. The van der Waals surface area contributed by atoms with Gasteiger partial charge in [-0.25, -0.2) is 4.79 Å². The van der Waals surface area contributed by atoms with Crippen LogP contribution in [0.4, 0.5) is 0 Å². The Bertz CT molecular complexity index is 1240. The number of hydrogen-bond acceptors (Lipinski definition) is 4. The van der Waals surface area contributed by atoms with E-state index in [0.29, 0.717) is 5.56 Å². The predicted octanol–water partition coefficient (Wildman–Crippen LogP) is 3.53. The van der Waals surface area contributed by atoms with Crippen molar-refractivity contribution in [1.82, 2.24) is 14.8 Å². The van der Waals surface area contributed by atoms with Crippen LogP contribution in [-0.4, -0.2) is 64.2 Å². The summed E-state index contributed by atoms with van der Waals surface area (Å²) >= 11 is 0. The molecule has 1 saturated heterocycles. The first kappa shape index (κ1) is 26.2. The first-order valence-electron chi connectivity index (χ1n) is 12.4. The van der Waals surface area contributed by atoms with Gasteiger partial charge in [0.15, 0.2) is 0 Å². The molecule has 0 spiro atoms. The fourth-order valence-corrected chi connectivity index (χ4v) is 4.81. The van der Waals surface area contributed by atoms with Crippen molar-refractivity contribution in [3.63, 3.8) is 0 Å². The van der Waals surface area contributed by atoms with Gasteiger partial charge in [0.05, 0.1) is 0 Å². The van der Waals surface area contributed by atoms with E-state index >= 15 is 0 Å². The molecule has 1 aliphatic rings. The van der Waals surface area contributed by atoms with Gasteiger partial charge in [0, 0.05) is 63.2 Å². The number of carboxylic acids is 1. The molecule has 0 radical (unpaired) electrons. The first-order chi connectivity index (χ1) is 17.7. The molecule has 4 rings (SSSR count). The standard InChI is InChI=1S/C29H33N3O5/c1-20-16-21(2)18-23(17-20)27(34)31(3)25(26(33)30-29(28(35)36)10-14-37-15-11-29)19-22-6-8-24(9-7-22)32-12-4-5-13-32/h4-9,12-13,16-18,25H,10-11,14-15,19H2,1-3H3,(H,30,33)(H,35,36)/t25-/m1/s1. The van der Waals surface area contributed by atoms with Crippen molar-refractivity contribution in [2.24, 2.45) is 0 Å². The maximum Gasteiger partial charge on any atom is 0.329 e. The SMILES string of the molecule is Cc1cc(C)cc(C(=O)N(C)[C@H](Cc2ccc(-n3cccc3)cc2)C(=O)NC2(C(=O)O)CCOCC2)c1. The van der Waals surface area contributed by atoms with E-state index in [2.05, 4.69) is 5.32 Å². The number of carbonyl (C=O) groups excluding carboxylic acids is 2. The molecule has 0 unspecified atom stereocenters. The first-order valence-corrected chi connectivity index (χ1v) is 12.4. The van der Waals surface area contributed by atoms with Crippen LogP contribution >= 0.6 is 0 Å². The Labute approximate surface area is 216 Å². The van der Waals surface area contributed by atoms with Crippen LogP contribution in [0.25, 0.3) is 5.69 Å². The third-order valence-electron chi connectivity index (χ3n) is 6.95. The van der Waals surface area contributed by atoms with Crippen molar-refractivity contribution in [2.45, 2.75) is 44.7 Å². The topological polar surface area (TPSA) is 101 Å². The van der Waals surface area contributed by atoms with Gasteiger partial charge in [0.2, 0.25) is 5.91 Å². The monoisotopic (exact) mass is 503 g/mol. The molecule has 37 heavy (non-hydrogen) atoms. The van der Waals surface area contributed by atoms with Gasteiger partial charge in [-0.3, -0.25) is 9.59 Å². The van der Waals surface area contributed by atoms with Crippen molar-refractivity contribution < 1.29 is 24.2 Å². The number of nitrogens with zero attached hydrogens (tertiary/aromatic N) is 2. The number of benzene rings is 2. The van der Waals surface area contributed by atoms with E-state index in [1.54, 1.807) is 19.2 Å². The molecule has 1 aromatic heterocycles. The molecule has 8 nitrogen and oxygen atoms in total. The summed E-state index contributed by atoms with van der Waals surface area (Å²) in [6, 6.07) is 16.3. The van der Waals surface area contributed by atoms with Crippen molar-refractivity contribution in [1.29, 1.82) is 0 Å². The largest absolute Gasteiger partial charge is 0.480 e. The van der Waals surface area contributed by atoms with Crippen molar-refractivity contribution in [3.8, 4) is 5.69 Å². The summed E-state index contributed by atoms with van der Waals surface area (Å²) in [7, 11) is 1.59. The van der Waals surface area contributed by atoms with Crippen LogP contribution in [0.3, 0.4) is 0 Å². The molecule has 2 amide bonds. The average Bonchev–Trinajstić information content (AvgIpc) is 3.42. The molecule has 0 saturated carbocycles. The van der Waals surface area contributed by atoms with Crippen LogP contribution in [-0.2, 0) is 20.7 Å². The fraction of sp³-hybridized carbons (Fsp3) is 0.345. The van der Waals surface area contributed by atoms with Crippen LogP contribution in [0.1, 0.15) is 39.9 Å². The molecular weight excluding hydrogens is 470 g/mol. The van der Waals surface area contributed by atoms with E-state index in [0.717, 1.165) is 22.4 Å². The summed E-state index contributed by atoms with van der Waals surface area (Å²) in [6.45, 7) is 4.33. The van der Waals surface area contributed by atoms with E-state index in [1.807, 2.05) is 73.3 Å². The number of aliphatic carboxylic acids is 1. The Morgan fingerprint density at radius 3 is 2.19 bits per heavy atom. The average molecular weight is 504 g/mol. The molecule has 1 fully saturated rings. The minimum Gasteiger partial charge on any atom is -0.480 e. The number of nitrogens with one attached hydrogen (secondary N) is 1. The lowest BCUT2D eigenvalue weighted by molar-refractivity contribution is -0.152. The van der Waals surface area contributed by atoms with Gasteiger partial charge in [0.25, 0.3) is 5.91 Å². The highest BCUT2D eigenvalue weighted by molar-refractivity contribution is 5.98. The fourth-order valence-electron chi connectivity index (χ4n) is 4.81. The molecular formula is C29H33N3O5. The smallest absolute Gasteiger partial charge is 0.329 e. The third-order valence-corrected chi connectivity index (χ3v) is 6.95. The number of ether oxygens (including phenoxy) is 1. The number of carbonyl (C=O) groups is 3. The zero-order chi connectivity index (χ0) is 26.6. The van der Waals surface area contributed by atoms with Crippen LogP contribution in [0.5, 0.6) is 0 Å². The van der Waals surface area contributed by atoms with Crippen LogP contribution in [0.2, 0.25) is 0 Å². The molecule has 1 atom stereocenters. The summed E-state index contributed by atoms with van der Waals surface area (Å²) in [4.78, 5) is 40.8. The second kappa shape index (κ2) is 11.0. The van der Waals surface area contributed by atoms with E-state index in [9.17, 15) is 19.5 Å². The lowest BCUT2D eigenvalue weighted by Crippen LogP contribution is -2.61. The van der Waals surface area contributed by atoms with Gasteiger partial charge >= 0.3 is 5.97 Å². The van der Waals surface area contributed by atoms with Gasteiger partial charge in [-0.05, 0) is 55.8 Å². The van der Waals surface area contributed by atoms with Gasteiger partial charge in [-0.2, -0.15) is 0 Å². The highest BCUT2D eigenvalue weighted by atomic mass is 16.5. The summed E-state index contributed by atoms with van der Waals surface area (Å²) in [5.41, 5.74) is 2.79. The normalized spacial score (nSPS) is 15.5.